The summed E-state index contributed by atoms with van der Waals surface area (Å²) < 4.78 is 21.0. The fourth-order valence-electron chi connectivity index (χ4n) is 3.05. The van der Waals surface area contributed by atoms with Crippen molar-refractivity contribution in [3.05, 3.63) is 65.4 Å². The number of hydrogen-bond donors (Lipinski definition) is 0. The minimum Gasteiger partial charge on any atom is -0.494 e. The van der Waals surface area contributed by atoms with Gasteiger partial charge in [-0.1, -0.05) is 18.2 Å². The summed E-state index contributed by atoms with van der Waals surface area (Å²) in [5.74, 6) is 0.139. The molecule has 7 heteroatoms. The summed E-state index contributed by atoms with van der Waals surface area (Å²) in [6.07, 6.45) is 0. The number of aromatic nitrogens is 1. The first-order valence-corrected chi connectivity index (χ1v) is 9.51. The smallest absolute Gasteiger partial charge is 0.344 e. The highest BCUT2D eigenvalue weighted by atomic mass is 16.6. The first kappa shape index (κ1) is 21.1. The normalized spacial score (nSPS) is 10.5. The molecule has 1 heterocycles. The van der Waals surface area contributed by atoms with E-state index < -0.39 is 11.9 Å². The Labute approximate surface area is 174 Å². The Morgan fingerprint density at radius 1 is 0.967 bits per heavy atom. The highest BCUT2D eigenvalue weighted by Gasteiger charge is 2.20. The minimum atomic E-state index is -0.577. The summed E-state index contributed by atoms with van der Waals surface area (Å²) in [6, 6.07) is 14.4. The third-order valence-electron chi connectivity index (χ3n) is 4.48. The molecule has 7 nitrogen and oxygen atoms in total. The Morgan fingerprint density at radius 2 is 1.63 bits per heavy atom. The van der Waals surface area contributed by atoms with Crippen molar-refractivity contribution >= 4 is 22.8 Å². The maximum atomic E-state index is 12.3. The molecule has 0 atom stereocenters. The van der Waals surface area contributed by atoms with Crippen molar-refractivity contribution in [1.82, 2.24) is 4.98 Å². The van der Waals surface area contributed by atoms with E-state index in [1.165, 1.54) is 7.11 Å². The summed E-state index contributed by atoms with van der Waals surface area (Å²) in [5, 5.41) is 0.840. The summed E-state index contributed by atoms with van der Waals surface area (Å²) in [6.45, 7) is 3.85. The first-order valence-electron chi connectivity index (χ1n) is 9.51. The standard InChI is InChI=1S/C23H23NO6/c1-4-28-16-9-11-17(12-10-16)29-14-21(25)30-13-20-22(23(26)27-3)15(2)18-7-5-6-8-19(18)24-20/h5-12H,4,13-14H2,1-3H3. The van der Waals surface area contributed by atoms with Gasteiger partial charge >= 0.3 is 11.9 Å². The van der Waals surface area contributed by atoms with Gasteiger partial charge < -0.3 is 18.9 Å². The Bertz CT molecular complexity index is 1050. The van der Waals surface area contributed by atoms with Crippen LogP contribution in [0, 0.1) is 6.92 Å². The maximum absolute atomic E-state index is 12.3. The van der Waals surface area contributed by atoms with Crippen LogP contribution in [0.15, 0.2) is 48.5 Å². The second-order valence-corrected chi connectivity index (χ2v) is 6.42. The van der Waals surface area contributed by atoms with Gasteiger partial charge in [-0.25, -0.2) is 14.6 Å². The zero-order valence-electron chi connectivity index (χ0n) is 17.1. The van der Waals surface area contributed by atoms with Crippen molar-refractivity contribution in [3.8, 4) is 11.5 Å². The summed E-state index contributed by atoms with van der Waals surface area (Å²) in [4.78, 5) is 28.9. The van der Waals surface area contributed by atoms with E-state index in [1.807, 2.05) is 38.1 Å². The molecule has 0 aliphatic rings. The molecule has 0 saturated heterocycles. The lowest BCUT2D eigenvalue weighted by atomic mass is 10.0. The number of methoxy groups -OCH3 is 1. The van der Waals surface area contributed by atoms with Gasteiger partial charge in [-0.2, -0.15) is 0 Å². The number of fused-ring (bicyclic) bond motifs is 1. The number of rotatable bonds is 8. The number of pyridine rings is 1. The SMILES string of the molecule is CCOc1ccc(OCC(=O)OCc2nc3ccccc3c(C)c2C(=O)OC)cc1. The lowest BCUT2D eigenvalue weighted by molar-refractivity contribution is -0.147. The van der Waals surface area contributed by atoms with Crippen molar-refractivity contribution in [2.24, 2.45) is 0 Å². The van der Waals surface area contributed by atoms with Gasteiger partial charge in [-0.3, -0.25) is 0 Å². The zero-order chi connectivity index (χ0) is 21.5. The predicted octanol–water partition coefficient (Wildman–Crippen LogP) is 3.85. The molecular formula is C23H23NO6. The maximum Gasteiger partial charge on any atom is 0.344 e. The largest absolute Gasteiger partial charge is 0.494 e. The number of esters is 2. The zero-order valence-corrected chi connectivity index (χ0v) is 17.1. The van der Waals surface area contributed by atoms with Crippen LogP contribution >= 0.6 is 0 Å². The molecular weight excluding hydrogens is 386 g/mol. The molecule has 0 radical (unpaired) electrons. The average Bonchev–Trinajstić information content (AvgIpc) is 2.77. The fourth-order valence-corrected chi connectivity index (χ4v) is 3.05. The van der Waals surface area contributed by atoms with Crippen LogP contribution in [0.1, 0.15) is 28.5 Å². The molecule has 1 aromatic heterocycles. The van der Waals surface area contributed by atoms with Gasteiger partial charge in [0.2, 0.25) is 0 Å². The predicted molar refractivity (Wildman–Crippen MR) is 111 cm³/mol. The van der Waals surface area contributed by atoms with Crippen LogP contribution in [0.4, 0.5) is 0 Å². The van der Waals surface area contributed by atoms with Gasteiger partial charge in [-0.15, -0.1) is 0 Å². The molecule has 0 N–H and O–H groups in total. The quantitative estimate of drug-likeness (QED) is 0.523. The number of para-hydroxylation sites is 1. The van der Waals surface area contributed by atoms with E-state index in [-0.39, 0.29) is 13.2 Å². The van der Waals surface area contributed by atoms with Gasteiger partial charge in [0.05, 0.1) is 30.5 Å². The van der Waals surface area contributed by atoms with Crippen LogP contribution in [0.25, 0.3) is 10.9 Å². The van der Waals surface area contributed by atoms with Gasteiger partial charge in [-0.05, 0) is 49.7 Å². The molecule has 0 aliphatic carbocycles. The molecule has 156 valence electrons. The van der Waals surface area contributed by atoms with Crippen molar-refractivity contribution in [3.63, 3.8) is 0 Å². The Balaban J connectivity index is 1.68. The second-order valence-electron chi connectivity index (χ2n) is 6.42. The van der Waals surface area contributed by atoms with E-state index in [1.54, 1.807) is 24.3 Å². The third-order valence-corrected chi connectivity index (χ3v) is 4.48. The van der Waals surface area contributed by atoms with Gasteiger partial charge in [0, 0.05) is 5.39 Å². The molecule has 2 aromatic carbocycles. The van der Waals surface area contributed by atoms with Crippen molar-refractivity contribution in [1.29, 1.82) is 0 Å². The molecule has 3 aromatic rings. The third kappa shape index (κ3) is 4.86. The van der Waals surface area contributed by atoms with Crippen LogP contribution in [-0.4, -0.2) is 37.2 Å². The van der Waals surface area contributed by atoms with Crippen molar-refractivity contribution in [2.75, 3.05) is 20.3 Å². The summed E-state index contributed by atoms with van der Waals surface area (Å²) >= 11 is 0. The second kappa shape index (κ2) is 9.73. The molecule has 0 unspecified atom stereocenters. The van der Waals surface area contributed by atoms with Gasteiger partial charge in [0.25, 0.3) is 0 Å². The number of ether oxygens (including phenoxy) is 4. The first-order chi connectivity index (χ1) is 14.5. The number of aryl methyl sites for hydroxylation is 1. The van der Waals surface area contributed by atoms with Crippen LogP contribution in [-0.2, 0) is 20.9 Å². The molecule has 0 spiro atoms. The Kier molecular flexibility index (Phi) is 6.85. The van der Waals surface area contributed by atoms with E-state index in [2.05, 4.69) is 4.98 Å². The molecule has 0 saturated carbocycles. The van der Waals surface area contributed by atoms with Gasteiger partial charge in [0.1, 0.15) is 18.1 Å². The number of carbonyl (C=O) groups excluding carboxylic acids is 2. The van der Waals surface area contributed by atoms with E-state index in [4.69, 9.17) is 18.9 Å². The molecule has 30 heavy (non-hydrogen) atoms. The number of benzene rings is 2. The molecule has 0 fully saturated rings. The Hall–Kier alpha value is -3.61. The summed E-state index contributed by atoms with van der Waals surface area (Å²) in [5.41, 5.74) is 2.08. The van der Waals surface area contributed by atoms with E-state index >= 15 is 0 Å². The van der Waals surface area contributed by atoms with Crippen molar-refractivity contribution in [2.45, 2.75) is 20.5 Å². The highest BCUT2D eigenvalue weighted by molar-refractivity contribution is 5.98. The monoisotopic (exact) mass is 409 g/mol. The highest BCUT2D eigenvalue weighted by Crippen LogP contribution is 2.24. The number of nitrogens with zero attached hydrogens (tertiary/aromatic N) is 1. The van der Waals surface area contributed by atoms with E-state index in [9.17, 15) is 9.59 Å². The average molecular weight is 409 g/mol. The molecule has 0 aliphatic heterocycles. The van der Waals surface area contributed by atoms with Crippen LogP contribution < -0.4 is 9.47 Å². The van der Waals surface area contributed by atoms with Crippen molar-refractivity contribution < 1.29 is 28.5 Å². The van der Waals surface area contributed by atoms with Crippen LogP contribution in [0.3, 0.4) is 0 Å². The van der Waals surface area contributed by atoms with E-state index in [0.717, 1.165) is 16.7 Å². The van der Waals surface area contributed by atoms with Crippen LogP contribution in [0.2, 0.25) is 0 Å². The van der Waals surface area contributed by atoms with Gasteiger partial charge in [0.15, 0.2) is 6.61 Å². The summed E-state index contributed by atoms with van der Waals surface area (Å²) in [7, 11) is 1.30. The molecule has 3 rings (SSSR count). The number of hydrogen-bond acceptors (Lipinski definition) is 7. The lowest BCUT2D eigenvalue weighted by Crippen LogP contribution is -2.17. The van der Waals surface area contributed by atoms with E-state index in [0.29, 0.717) is 29.1 Å². The Morgan fingerprint density at radius 3 is 2.30 bits per heavy atom. The molecule has 0 amide bonds. The minimum absolute atomic E-state index is 0.165. The topological polar surface area (TPSA) is 84.0 Å². The fraction of sp³-hybridized carbons (Fsp3) is 0.261. The lowest BCUT2D eigenvalue weighted by Gasteiger charge is -2.13. The molecule has 0 bridgehead atoms. The van der Waals surface area contributed by atoms with Crippen LogP contribution in [0.5, 0.6) is 11.5 Å². The number of carbonyl (C=O) groups is 2.